The largest absolute Gasteiger partial charge is 0.496 e. The predicted octanol–water partition coefficient (Wildman–Crippen LogP) is 4.78. The van der Waals surface area contributed by atoms with Gasteiger partial charge in [0.15, 0.2) is 0 Å². The van der Waals surface area contributed by atoms with E-state index in [2.05, 4.69) is 15.5 Å². The van der Waals surface area contributed by atoms with Crippen molar-refractivity contribution < 1.29 is 18.8 Å². The van der Waals surface area contributed by atoms with E-state index in [0.717, 1.165) is 16.7 Å². The molecule has 168 valence electrons. The second kappa shape index (κ2) is 9.99. The van der Waals surface area contributed by atoms with Crippen molar-refractivity contribution in [3.8, 4) is 22.9 Å². The highest BCUT2D eigenvalue weighted by Gasteiger charge is 2.26. The molecular weight excluding hydrogens is 418 g/mol. The van der Waals surface area contributed by atoms with Gasteiger partial charge in [-0.1, -0.05) is 65.3 Å². The summed E-state index contributed by atoms with van der Waals surface area (Å²) in [4.78, 5) is 17.9. The summed E-state index contributed by atoms with van der Waals surface area (Å²) in [7, 11) is 3.03. The minimum atomic E-state index is -0.555. The van der Waals surface area contributed by atoms with E-state index in [1.807, 2.05) is 61.5 Å². The highest BCUT2D eigenvalue weighted by Crippen LogP contribution is 2.29. The van der Waals surface area contributed by atoms with Crippen LogP contribution in [0.15, 0.2) is 77.3 Å². The summed E-state index contributed by atoms with van der Waals surface area (Å²) in [5.41, 5.74) is 3.27. The van der Waals surface area contributed by atoms with Crippen molar-refractivity contribution in [3.63, 3.8) is 0 Å². The van der Waals surface area contributed by atoms with Gasteiger partial charge in [0.2, 0.25) is 11.7 Å². The zero-order valence-corrected chi connectivity index (χ0v) is 18.7. The van der Waals surface area contributed by atoms with Crippen LogP contribution in [0.3, 0.4) is 0 Å². The minimum Gasteiger partial charge on any atom is -0.496 e. The Balaban J connectivity index is 1.68. The van der Waals surface area contributed by atoms with E-state index in [1.54, 1.807) is 18.2 Å². The third kappa shape index (κ3) is 5.03. The van der Waals surface area contributed by atoms with E-state index in [0.29, 0.717) is 35.2 Å². The van der Waals surface area contributed by atoms with E-state index < -0.39 is 6.04 Å². The summed E-state index contributed by atoms with van der Waals surface area (Å²) in [6.07, 6.45) is 0.472. The van der Waals surface area contributed by atoms with Gasteiger partial charge in [0.1, 0.15) is 23.1 Å². The Kier molecular flexibility index (Phi) is 6.69. The number of nitrogens with one attached hydrogen (secondary N) is 1. The quantitative estimate of drug-likeness (QED) is 0.422. The Labute approximate surface area is 192 Å². The first kappa shape index (κ1) is 22.1. The monoisotopic (exact) mass is 443 g/mol. The lowest BCUT2D eigenvalue weighted by atomic mass is 10.0. The van der Waals surface area contributed by atoms with Crippen LogP contribution in [-0.2, 0) is 6.42 Å². The van der Waals surface area contributed by atoms with Crippen LogP contribution in [-0.4, -0.2) is 30.3 Å². The molecule has 1 N–H and O–H groups in total. The fourth-order valence-electron chi connectivity index (χ4n) is 3.63. The molecule has 0 saturated carbocycles. The van der Waals surface area contributed by atoms with Crippen LogP contribution in [0.4, 0.5) is 0 Å². The van der Waals surface area contributed by atoms with Crippen molar-refractivity contribution >= 4 is 5.91 Å². The maximum Gasteiger partial charge on any atom is 0.259 e. The summed E-state index contributed by atoms with van der Waals surface area (Å²) >= 11 is 0. The highest BCUT2D eigenvalue weighted by molar-refractivity contribution is 6.00. The zero-order valence-electron chi connectivity index (χ0n) is 18.7. The van der Waals surface area contributed by atoms with Gasteiger partial charge in [-0.15, -0.1) is 0 Å². The predicted molar refractivity (Wildman–Crippen MR) is 124 cm³/mol. The van der Waals surface area contributed by atoms with E-state index in [-0.39, 0.29) is 5.91 Å². The Morgan fingerprint density at radius 1 is 0.970 bits per heavy atom. The summed E-state index contributed by atoms with van der Waals surface area (Å²) in [6.45, 7) is 2.00. The Morgan fingerprint density at radius 3 is 2.33 bits per heavy atom. The molecule has 1 amide bonds. The Hall–Kier alpha value is -4.13. The third-order valence-electron chi connectivity index (χ3n) is 5.26. The standard InChI is InChI=1S/C26H25N3O4/c1-17-9-7-12-19(15-17)24-28-26(33-29-24)20(16-18-10-5-4-6-11-18)27-25(30)23-21(31-2)13-8-14-22(23)32-3/h4-15,20H,16H2,1-3H3,(H,27,30). The molecule has 0 aliphatic rings. The Morgan fingerprint density at radius 2 is 1.67 bits per heavy atom. The second-order valence-corrected chi connectivity index (χ2v) is 7.58. The summed E-state index contributed by atoms with van der Waals surface area (Å²) in [5, 5.41) is 7.18. The van der Waals surface area contributed by atoms with Crippen LogP contribution in [0.2, 0.25) is 0 Å². The SMILES string of the molecule is COc1cccc(OC)c1C(=O)NC(Cc1ccccc1)c1nc(-c2cccc(C)c2)no1. The van der Waals surface area contributed by atoms with Crippen molar-refractivity contribution in [2.24, 2.45) is 0 Å². The first-order valence-electron chi connectivity index (χ1n) is 10.6. The van der Waals surface area contributed by atoms with Gasteiger partial charge in [-0.3, -0.25) is 4.79 Å². The number of hydrogen-bond acceptors (Lipinski definition) is 6. The summed E-state index contributed by atoms with van der Waals surface area (Å²) in [6, 6.07) is 22.3. The number of rotatable bonds is 8. The maximum absolute atomic E-state index is 13.3. The van der Waals surface area contributed by atoms with Gasteiger partial charge >= 0.3 is 0 Å². The van der Waals surface area contributed by atoms with E-state index in [1.165, 1.54) is 14.2 Å². The van der Waals surface area contributed by atoms with Gasteiger partial charge in [-0.05, 0) is 30.7 Å². The molecule has 0 spiro atoms. The molecule has 1 unspecified atom stereocenters. The second-order valence-electron chi connectivity index (χ2n) is 7.58. The normalized spacial score (nSPS) is 11.6. The van der Waals surface area contributed by atoms with Crippen molar-refractivity contribution in [1.82, 2.24) is 15.5 Å². The zero-order chi connectivity index (χ0) is 23.2. The number of methoxy groups -OCH3 is 2. The number of carbonyl (C=O) groups excluding carboxylic acids is 1. The molecule has 7 nitrogen and oxygen atoms in total. The minimum absolute atomic E-state index is 0.305. The molecule has 4 rings (SSSR count). The average molecular weight is 444 g/mol. The fraction of sp³-hybridized carbons (Fsp3) is 0.192. The molecule has 33 heavy (non-hydrogen) atoms. The first-order valence-corrected chi connectivity index (χ1v) is 10.6. The van der Waals surface area contributed by atoms with Gasteiger partial charge in [0.05, 0.1) is 14.2 Å². The number of amides is 1. The van der Waals surface area contributed by atoms with E-state index in [9.17, 15) is 4.79 Å². The van der Waals surface area contributed by atoms with Crippen LogP contribution in [0.5, 0.6) is 11.5 Å². The number of nitrogens with zero attached hydrogens (tertiary/aromatic N) is 2. The molecule has 1 atom stereocenters. The van der Waals surface area contributed by atoms with Gasteiger partial charge in [0, 0.05) is 12.0 Å². The molecule has 7 heteroatoms. The van der Waals surface area contributed by atoms with Crippen molar-refractivity contribution in [3.05, 3.63) is 95.4 Å². The number of ether oxygens (including phenoxy) is 2. The number of benzene rings is 3. The fourth-order valence-corrected chi connectivity index (χ4v) is 3.63. The molecule has 0 aliphatic carbocycles. The van der Waals surface area contributed by atoms with Crippen molar-refractivity contribution in [1.29, 1.82) is 0 Å². The lowest BCUT2D eigenvalue weighted by molar-refractivity contribution is 0.0922. The van der Waals surface area contributed by atoms with Crippen molar-refractivity contribution in [2.45, 2.75) is 19.4 Å². The number of aryl methyl sites for hydroxylation is 1. The molecule has 1 heterocycles. The molecule has 4 aromatic rings. The van der Waals surface area contributed by atoms with Crippen LogP contribution in [0, 0.1) is 6.92 Å². The first-order chi connectivity index (χ1) is 16.1. The lowest BCUT2D eigenvalue weighted by Gasteiger charge is -2.18. The lowest BCUT2D eigenvalue weighted by Crippen LogP contribution is -2.31. The molecule has 3 aromatic carbocycles. The van der Waals surface area contributed by atoms with Crippen LogP contribution < -0.4 is 14.8 Å². The number of hydrogen-bond donors (Lipinski definition) is 1. The highest BCUT2D eigenvalue weighted by atomic mass is 16.5. The van der Waals surface area contributed by atoms with Crippen LogP contribution in [0.1, 0.15) is 33.4 Å². The van der Waals surface area contributed by atoms with Crippen LogP contribution in [0.25, 0.3) is 11.4 Å². The molecule has 1 aromatic heterocycles. The van der Waals surface area contributed by atoms with Gasteiger partial charge < -0.3 is 19.3 Å². The van der Waals surface area contributed by atoms with Crippen LogP contribution >= 0.6 is 0 Å². The van der Waals surface area contributed by atoms with E-state index >= 15 is 0 Å². The summed E-state index contributed by atoms with van der Waals surface area (Å²) in [5.74, 6) is 1.25. The molecule has 0 saturated heterocycles. The van der Waals surface area contributed by atoms with Crippen molar-refractivity contribution in [2.75, 3.05) is 14.2 Å². The molecule has 0 aliphatic heterocycles. The molecule has 0 bridgehead atoms. The Bertz CT molecular complexity index is 1220. The molecule has 0 fully saturated rings. The van der Waals surface area contributed by atoms with Gasteiger partial charge in [-0.2, -0.15) is 4.98 Å². The topological polar surface area (TPSA) is 86.5 Å². The third-order valence-corrected chi connectivity index (χ3v) is 5.26. The number of carbonyl (C=O) groups is 1. The van der Waals surface area contributed by atoms with E-state index in [4.69, 9.17) is 14.0 Å². The van der Waals surface area contributed by atoms with Gasteiger partial charge in [-0.25, -0.2) is 0 Å². The molecular formula is C26H25N3O4. The smallest absolute Gasteiger partial charge is 0.259 e. The van der Waals surface area contributed by atoms with Gasteiger partial charge in [0.25, 0.3) is 5.91 Å². The average Bonchev–Trinajstić information content (AvgIpc) is 3.34. The summed E-state index contributed by atoms with van der Waals surface area (Å²) < 4.78 is 16.4. The maximum atomic E-state index is 13.3. The number of aromatic nitrogens is 2. The molecule has 0 radical (unpaired) electrons.